The Hall–Kier alpha value is -1.77. The number of rotatable bonds is 2. The molecule has 1 aromatic heterocycles. The van der Waals surface area contributed by atoms with E-state index in [2.05, 4.69) is 10.3 Å². The molecule has 0 atom stereocenters. The van der Waals surface area contributed by atoms with E-state index in [4.69, 9.17) is 23.2 Å². The molecule has 3 aromatic rings. The van der Waals surface area contributed by atoms with Gasteiger partial charge in [0.1, 0.15) is 0 Å². The molecule has 0 fully saturated rings. The van der Waals surface area contributed by atoms with E-state index in [1.807, 2.05) is 49.4 Å². The van der Waals surface area contributed by atoms with E-state index in [0.717, 1.165) is 28.0 Å². The molecule has 3 rings (SSSR count). The number of hydrogen-bond donors (Lipinski definition) is 1. The minimum Gasteiger partial charge on any atom is -0.355 e. The highest BCUT2D eigenvalue weighted by Crippen LogP contribution is 2.29. The third-order valence-corrected chi connectivity index (χ3v) is 3.42. The van der Waals surface area contributed by atoms with Crippen molar-refractivity contribution in [3.63, 3.8) is 0 Å². The lowest BCUT2D eigenvalue weighted by molar-refractivity contribution is 1.25. The van der Waals surface area contributed by atoms with Gasteiger partial charge in [0, 0.05) is 32.5 Å². The summed E-state index contributed by atoms with van der Waals surface area (Å²) in [4.78, 5) is 4.52. The summed E-state index contributed by atoms with van der Waals surface area (Å²) < 4.78 is 0. The third kappa shape index (κ3) is 2.72. The largest absolute Gasteiger partial charge is 0.355 e. The maximum absolute atomic E-state index is 6.03. The highest BCUT2D eigenvalue weighted by molar-refractivity contribution is 6.35. The zero-order valence-corrected chi connectivity index (χ0v) is 12.3. The molecule has 1 N–H and O–H groups in total. The number of fused-ring (bicyclic) bond motifs is 1. The Morgan fingerprint density at radius 1 is 0.950 bits per heavy atom. The van der Waals surface area contributed by atoms with E-state index in [1.54, 1.807) is 6.07 Å². The standard InChI is InChI=1S/C16H12Cl2N2/c1-10-6-16(14-4-2-3-5-15(14)19-10)20-13-8-11(17)7-12(18)9-13/h2-9H,1H3,(H,19,20). The Morgan fingerprint density at radius 2 is 1.65 bits per heavy atom. The molecule has 20 heavy (non-hydrogen) atoms. The van der Waals surface area contributed by atoms with E-state index < -0.39 is 0 Å². The fourth-order valence-corrected chi connectivity index (χ4v) is 2.72. The number of nitrogens with one attached hydrogen (secondary N) is 1. The number of benzene rings is 2. The predicted molar refractivity (Wildman–Crippen MR) is 86.2 cm³/mol. The van der Waals surface area contributed by atoms with Gasteiger partial charge in [0.25, 0.3) is 0 Å². The van der Waals surface area contributed by atoms with Gasteiger partial charge in [-0.1, -0.05) is 41.4 Å². The molecular weight excluding hydrogens is 291 g/mol. The lowest BCUT2D eigenvalue weighted by atomic mass is 10.1. The average Bonchev–Trinajstić information content (AvgIpc) is 2.37. The van der Waals surface area contributed by atoms with Crippen LogP contribution in [0.5, 0.6) is 0 Å². The molecule has 0 aliphatic carbocycles. The summed E-state index contributed by atoms with van der Waals surface area (Å²) in [5, 5.41) is 5.64. The summed E-state index contributed by atoms with van der Waals surface area (Å²) in [5.74, 6) is 0. The van der Waals surface area contributed by atoms with Crippen LogP contribution in [0, 0.1) is 6.92 Å². The maximum atomic E-state index is 6.03. The van der Waals surface area contributed by atoms with Crippen LogP contribution in [0.3, 0.4) is 0 Å². The summed E-state index contributed by atoms with van der Waals surface area (Å²) in [5.41, 5.74) is 3.77. The molecule has 0 saturated carbocycles. The number of halogens is 2. The van der Waals surface area contributed by atoms with E-state index in [9.17, 15) is 0 Å². The number of para-hydroxylation sites is 1. The van der Waals surface area contributed by atoms with Crippen LogP contribution < -0.4 is 5.32 Å². The second kappa shape index (κ2) is 5.31. The Balaban J connectivity index is 2.10. The molecule has 0 aliphatic rings. The van der Waals surface area contributed by atoms with E-state index in [-0.39, 0.29) is 0 Å². The van der Waals surface area contributed by atoms with Crippen molar-refractivity contribution in [1.29, 1.82) is 0 Å². The lowest BCUT2D eigenvalue weighted by Gasteiger charge is -2.11. The zero-order chi connectivity index (χ0) is 14.1. The molecule has 0 bridgehead atoms. The van der Waals surface area contributed by atoms with Crippen molar-refractivity contribution in [3.8, 4) is 0 Å². The molecule has 0 spiro atoms. The summed E-state index contributed by atoms with van der Waals surface area (Å²) >= 11 is 12.1. The first-order valence-electron chi connectivity index (χ1n) is 6.21. The van der Waals surface area contributed by atoms with Crippen LogP contribution in [0.25, 0.3) is 10.9 Å². The minimum absolute atomic E-state index is 0.607. The number of nitrogens with zero attached hydrogens (tertiary/aromatic N) is 1. The first-order chi connectivity index (χ1) is 9.61. The molecule has 2 nitrogen and oxygen atoms in total. The van der Waals surface area contributed by atoms with Crippen LogP contribution in [0.15, 0.2) is 48.5 Å². The second-order valence-corrected chi connectivity index (χ2v) is 5.48. The van der Waals surface area contributed by atoms with Gasteiger partial charge in [-0.15, -0.1) is 0 Å². The first-order valence-corrected chi connectivity index (χ1v) is 6.97. The Labute approximate surface area is 127 Å². The molecule has 2 aromatic carbocycles. The zero-order valence-electron chi connectivity index (χ0n) is 10.8. The number of pyridine rings is 1. The molecule has 1 heterocycles. The molecule has 0 aliphatic heterocycles. The third-order valence-electron chi connectivity index (χ3n) is 2.99. The van der Waals surface area contributed by atoms with Crippen molar-refractivity contribution in [2.75, 3.05) is 5.32 Å². The normalized spacial score (nSPS) is 10.8. The van der Waals surface area contributed by atoms with Crippen LogP contribution in [0.4, 0.5) is 11.4 Å². The van der Waals surface area contributed by atoms with Crippen molar-refractivity contribution in [1.82, 2.24) is 4.98 Å². The van der Waals surface area contributed by atoms with Crippen LogP contribution in [0.1, 0.15) is 5.69 Å². The van der Waals surface area contributed by atoms with Crippen LogP contribution in [0.2, 0.25) is 10.0 Å². The van der Waals surface area contributed by atoms with Crippen LogP contribution >= 0.6 is 23.2 Å². The monoisotopic (exact) mass is 302 g/mol. The summed E-state index contributed by atoms with van der Waals surface area (Å²) in [6.07, 6.45) is 0. The Morgan fingerprint density at radius 3 is 2.40 bits per heavy atom. The summed E-state index contributed by atoms with van der Waals surface area (Å²) in [7, 11) is 0. The summed E-state index contributed by atoms with van der Waals surface area (Å²) in [6.45, 7) is 1.97. The van der Waals surface area contributed by atoms with Crippen LogP contribution in [-0.4, -0.2) is 4.98 Å². The van der Waals surface area contributed by atoms with Gasteiger partial charge in [-0.05, 0) is 37.3 Å². The van der Waals surface area contributed by atoms with Crippen molar-refractivity contribution >= 4 is 45.5 Å². The SMILES string of the molecule is Cc1cc(Nc2cc(Cl)cc(Cl)c2)c2ccccc2n1. The number of hydrogen-bond acceptors (Lipinski definition) is 2. The highest BCUT2D eigenvalue weighted by Gasteiger charge is 2.05. The van der Waals surface area contributed by atoms with Crippen molar-refractivity contribution in [2.24, 2.45) is 0 Å². The minimum atomic E-state index is 0.607. The average molecular weight is 303 g/mol. The van der Waals surface area contributed by atoms with Gasteiger partial charge >= 0.3 is 0 Å². The predicted octanol–water partition coefficient (Wildman–Crippen LogP) is 5.59. The Kier molecular flexibility index (Phi) is 3.51. The Bertz CT molecular complexity index is 764. The number of aryl methyl sites for hydroxylation is 1. The molecule has 100 valence electrons. The molecule has 0 radical (unpaired) electrons. The van der Waals surface area contributed by atoms with Gasteiger partial charge in [-0.2, -0.15) is 0 Å². The van der Waals surface area contributed by atoms with Crippen molar-refractivity contribution in [2.45, 2.75) is 6.92 Å². The molecule has 0 saturated heterocycles. The second-order valence-electron chi connectivity index (χ2n) is 4.61. The maximum Gasteiger partial charge on any atom is 0.0726 e. The van der Waals surface area contributed by atoms with E-state index >= 15 is 0 Å². The topological polar surface area (TPSA) is 24.9 Å². The fraction of sp³-hybridized carbons (Fsp3) is 0.0625. The van der Waals surface area contributed by atoms with Gasteiger partial charge in [0.2, 0.25) is 0 Å². The first kappa shape index (κ1) is 13.2. The van der Waals surface area contributed by atoms with Gasteiger partial charge in [-0.3, -0.25) is 4.98 Å². The molecule has 4 heteroatoms. The summed E-state index contributed by atoms with van der Waals surface area (Å²) in [6, 6.07) is 15.4. The number of anilines is 2. The molecule has 0 amide bonds. The van der Waals surface area contributed by atoms with E-state index in [0.29, 0.717) is 10.0 Å². The van der Waals surface area contributed by atoms with Gasteiger partial charge in [-0.25, -0.2) is 0 Å². The lowest BCUT2D eigenvalue weighted by Crippen LogP contribution is -1.94. The van der Waals surface area contributed by atoms with Gasteiger partial charge in [0.15, 0.2) is 0 Å². The molecular formula is C16H12Cl2N2. The van der Waals surface area contributed by atoms with Crippen molar-refractivity contribution in [3.05, 3.63) is 64.3 Å². The van der Waals surface area contributed by atoms with Gasteiger partial charge in [0.05, 0.1) is 5.52 Å². The number of aromatic nitrogens is 1. The van der Waals surface area contributed by atoms with Gasteiger partial charge < -0.3 is 5.32 Å². The fourth-order valence-electron chi connectivity index (χ4n) is 2.19. The smallest absolute Gasteiger partial charge is 0.0726 e. The quantitative estimate of drug-likeness (QED) is 0.667. The van der Waals surface area contributed by atoms with Crippen molar-refractivity contribution < 1.29 is 0 Å². The highest BCUT2D eigenvalue weighted by atomic mass is 35.5. The molecule has 0 unspecified atom stereocenters. The van der Waals surface area contributed by atoms with E-state index in [1.165, 1.54) is 0 Å². The van der Waals surface area contributed by atoms with Crippen LogP contribution in [-0.2, 0) is 0 Å².